The summed E-state index contributed by atoms with van der Waals surface area (Å²) in [6.07, 6.45) is 3.67. The van der Waals surface area contributed by atoms with Crippen molar-refractivity contribution in [2.45, 2.75) is 143 Å². The molecule has 2 heterocycles. The number of nitrogens with two attached hydrogens (primary N) is 5. The second-order valence-electron chi connectivity index (χ2n) is 19.9. The van der Waals surface area contributed by atoms with Crippen LogP contribution in [0.1, 0.15) is 94.6 Å². The first-order valence-corrected chi connectivity index (χ1v) is 28.8. The van der Waals surface area contributed by atoms with E-state index in [0.29, 0.717) is 36.1 Å². The van der Waals surface area contributed by atoms with Crippen molar-refractivity contribution in [3.63, 3.8) is 0 Å². The smallest absolute Gasteiger partial charge is 0.246 e. The lowest BCUT2D eigenvalue weighted by Gasteiger charge is -2.37. The molecule has 25 nitrogen and oxygen atoms in total. The summed E-state index contributed by atoms with van der Waals surface area (Å²) in [4.78, 5) is 144. The molecule has 3 unspecified atom stereocenters. The van der Waals surface area contributed by atoms with Gasteiger partial charge in [-0.1, -0.05) is 83.3 Å². The minimum Gasteiger partial charge on any atom is -0.497 e. The number of hydrogen-bond donors (Lipinski definition) is 12. The number of carbonyl (C=O) groups excluding carboxylic acids is 10. The molecule has 3 fully saturated rings. The fraction of sp³-hybridized carbons (Fsp3) is 0.558. The van der Waals surface area contributed by atoms with Gasteiger partial charge in [-0.3, -0.25) is 52.9 Å². The number of hydrogen-bond acceptors (Lipinski definition) is 15. The number of nitrogens with one attached hydrogen (secondary N) is 7. The average molecular weight is 1140 g/mol. The van der Waals surface area contributed by atoms with E-state index >= 15 is 0 Å². The summed E-state index contributed by atoms with van der Waals surface area (Å²) in [7, 11) is 4.15. The first-order valence-electron chi connectivity index (χ1n) is 26.5. The minimum atomic E-state index is -1.49. The number of ether oxygens (including phenoxy) is 1. The number of aliphatic imine (C=N–C) groups is 1. The van der Waals surface area contributed by atoms with E-state index in [1.165, 1.54) is 33.6 Å². The zero-order valence-corrected chi connectivity index (χ0v) is 46.1. The van der Waals surface area contributed by atoms with Crippen molar-refractivity contribution in [3.8, 4) is 5.75 Å². The lowest BCUT2D eigenvalue weighted by molar-refractivity contribution is -0.142. The summed E-state index contributed by atoms with van der Waals surface area (Å²) in [6, 6.07) is 6.71. The summed E-state index contributed by atoms with van der Waals surface area (Å²) < 4.78 is 4.65. The van der Waals surface area contributed by atoms with Crippen LogP contribution < -0.4 is 70.6 Å². The molecule has 0 bridgehead atoms. The fourth-order valence-electron chi connectivity index (χ4n) is 9.61. The summed E-state index contributed by atoms with van der Waals surface area (Å²) in [5.41, 5.74) is 29.0. The maximum Gasteiger partial charge on any atom is 0.246 e. The van der Waals surface area contributed by atoms with E-state index in [4.69, 9.17) is 33.4 Å². The Morgan fingerprint density at radius 3 is 1.99 bits per heavy atom. The van der Waals surface area contributed by atoms with Gasteiger partial charge in [0.05, 0.1) is 13.7 Å². The van der Waals surface area contributed by atoms with Crippen LogP contribution in [0.15, 0.2) is 59.6 Å². The standard InChI is InChI=1S/C52H76N14O11S2/c1-77-33-16-14-32(15-17-33)27-37-47(73)64-38(26-31-10-4-2-5-11-31)48(74)61-35(18-19-41(54)67)45(71)62-36(20-23-53)46(72)65-39(30-78-79-52(28-43(69)60-37)21-6-3-7-22-52)50(76)66-25-9-13-40(66)49(75)63-34(12-8-24-58-51(56)57)44(70)59-29-42(55)68/h2,4-5,10-11,14-17,34-40H,3,6-9,12-13,18-30,53H2,1H3,(H2,54,67)(H2,55,68)(H,59,70)(H,60,69)(H,61,74)(H,62,71)(H,63,75)(H,64,73)(H,65,72)(H4,56,57,58)/t34-,35?,36-,37-,38?,39?,40-/m0/s1. The Morgan fingerprint density at radius 2 is 1.37 bits per heavy atom. The molecule has 2 aliphatic heterocycles. The van der Waals surface area contributed by atoms with E-state index in [-0.39, 0.29) is 89.1 Å². The topological polar surface area (TPSA) is 410 Å². The molecule has 3 aliphatic rings. The van der Waals surface area contributed by atoms with Crippen LogP contribution in [0.3, 0.4) is 0 Å². The van der Waals surface area contributed by atoms with Crippen LogP contribution in [0.2, 0.25) is 0 Å². The molecule has 1 spiro atoms. The molecule has 10 amide bonds. The number of carbonyl (C=O) groups is 10. The van der Waals surface area contributed by atoms with Gasteiger partial charge in [0.15, 0.2) is 5.96 Å². The Labute approximate surface area is 467 Å². The molecule has 79 heavy (non-hydrogen) atoms. The maximum absolute atomic E-state index is 15.0. The molecule has 7 atom stereocenters. The number of methoxy groups -OCH3 is 1. The molecule has 5 rings (SSSR count). The van der Waals surface area contributed by atoms with E-state index in [9.17, 15) is 47.9 Å². The predicted octanol–water partition coefficient (Wildman–Crippen LogP) is -1.86. The molecule has 1 aliphatic carbocycles. The van der Waals surface area contributed by atoms with Gasteiger partial charge < -0.3 is 75.5 Å². The zero-order chi connectivity index (χ0) is 57.5. The van der Waals surface area contributed by atoms with Crippen molar-refractivity contribution >= 4 is 86.6 Å². The normalized spacial score (nSPS) is 22.8. The summed E-state index contributed by atoms with van der Waals surface area (Å²) in [5.74, 6) is -7.01. The van der Waals surface area contributed by atoms with Crippen molar-refractivity contribution < 1.29 is 52.7 Å². The van der Waals surface area contributed by atoms with Crippen LogP contribution in [0.5, 0.6) is 5.75 Å². The van der Waals surface area contributed by atoms with E-state index in [1.54, 1.807) is 54.6 Å². The fourth-order valence-corrected chi connectivity index (χ4v) is 13.0. The van der Waals surface area contributed by atoms with Crippen LogP contribution >= 0.6 is 21.6 Å². The van der Waals surface area contributed by atoms with Gasteiger partial charge >= 0.3 is 0 Å². The average Bonchev–Trinajstić information content (AvgIpc) is 3.96. The number of likely N-dealkylation sites (tertiary alicyclic amines) is 1. The Hall–Kier alpha value is -7.13. The van der Waals surface area contributed by atoms with Crippen LogP contribution in [-0.2, 0) is 60.8 Å². The van der Waals surface area contributed by atoms with Crippen molar-refractivity contribution in [3.05, 3.63) is 65.7 Å². The molecule has 27 heteroatoms. The Morgan fingerprint density at radius 1 is 0.759 bits per heavy atom. The highest BCUT2D eigenvalue weighted by Gasteiger charge is 2.42. The Balaban J connectivity index is 1.52. The molecule has 2 aromatic rings. The van der Waals surface area contributed by atoms with Gasteiger partial charge in [-0.25, -0.2) is 0 Å². The van der Waals surface area contributed by atoms with Gasteiger partial charge in [0.2, 0.25) is 59.1 Å². The first kappa shape index (κ1) is 62.7. The largest absolute Gasteiger partial charge is 0.497 e. The molecular weight excluding hydrogens is 1060 g/mol. The number of benzene rings is 2. The third-order valence-electron chi connectivity index (χ3n) is 13.8. The van der Waals surface area contributed by atoms with Crippen molar-refractivity contribution in [2.75, 3.05) is 39.0 Å². The monoisotopic (exact) mass is 1140 g/mol. The SMILES string of the molecule is COc1ccc(C[C@@H]2NC(=O)CC3(CCCCC3)SSCC(C(=O)N3CCC[C@H]3C(=O)N[C@@H](CCCN=C(N)N)C(=O)NCC(N)=O)NC(=O)[C@H](CCN)NC(=O)C(CCC(N)=O)NC(=O)C(Cc3ccccc3)NC2=O)cc1. The number of nitrogens with zero attached hydrogens (tertiary/aromatic N) is 2. The lowest BCUT2D eigenvalue weighted by Crippen LogP contribution is -2.61. The summed E-state index contributed by atoms with van der Waals surface area (Å²) in [6.45, 7) is -0.403. The lowest BCUT2D eigenvalue weighted by atomic mass is 9.85. The Kier molecular flexibility index (Phi) is 25.0. The second kappa shape index (κ2) is 31.5. The minimum absolute atomic E-state index is 0.0177. The van der Waals surface area contributed by atoms with Crippen molar-refractivity contribution in [2.24, 2.45) is 33.7 Å². The quantitative estimate of drug-likeness (QED) is 0.0299. The second-order valence-corrected chi connectivity index (χ2v) is 22.7. The van der Waals surface area contributed by atoms with E-state index in [2.05, 4.69) is 42.2 Å². The van der Waals surface area contributed by atoms with Gasteiger partial charge in [0.1, 0.15) is 48.0 Å². The number of amides is 10. The third-order valence-corrected chi connectivity index (χ3v) is 17.1. The van der Waals surface area contributed by atoms with Gasteiger partial charge in [-0.15, -0.1) is 0 Å². The first-order chi connectivity index (χ1) is 37.8. The third kappa shape index (κ3) is 20.2. The number of primary amides is 2. The van der Waals surface area contributed by atoms with Gasteiger partial charge in [-0.2, -0.15) is 0 Å². The molecule has 2 saturated heterocycles. The molecular formula is C52H76N14O11S2. The number of guanidine groups is 1. The van der Waals surface area contributed by atoms with Gasteiger partial charge in [0, 0.05) is 49.3 Å². The predicted molar refractivity (Wildman–Crippen MR) is 298 cm³/mol. The Bertz CT molecular complexity index is 2480. The van der Waals surface area contributed by atoms with Crippen LogP contribution in [0.4, 0.5) is 0 Å². The highest BCUT2D eigenvalue weighted by molar-refractivity contribution is 8.77. The van der Waals surface area contributed by atoms with Crippen LogP contribution in [0.25, 0.3) is 0 Å². The highest BCUT2D eigenvalue weighted by atomic mass is 33.1. The van der Waals surface area contributed by atoms with Gasteiger partial charge in [0.25, 0.3) is 0 Å². The highest BCUT2D eigenvalue weighted by Crippen LogP contribution is 2.48. The summed E-state index contributed by atoms with van der Waals surface area (Å²) in [5, 5.41) is 19.0. The molecule has 17 N–H and O–H groups in total. The maximum atomic E-state index is 15.0. The molecule has 2 aromatic carbocycles. The van der Waals surface area contributed by atoms with E-state index in [0.717, 1.165) is 19.3 Å². The van der Waals surface area contributed by atoms with E-state index < -0.39 is 113 Å². The van der Waals surface area contributed by atoms with Crippen molar-refractivity contribution in [1.29, 1.82) is 0 Å². The molecule has 0 aromatic heterocycles. The van der Waals surface area contributed by atoms with Crippen LogP contribution in [0, 0.1) is 0 Å². The summed E-state index contributed by atoms with van der Waals surface area (Å²) >= 11 is 0. The van der Waals surface area contributed by atoms with Crippen LogP contribution in [-0.4, -0.2) is 156 Å². The van der Waals surface area contributed by atoms with Crippen molar-refractivity contribution in [1.82, 2.24) is 42.1 Å². The zero-order valence-electron chi connectivity index (χ0n) is 44.5. The molecule has 432 valence electrons. The van der Waals surface area contributed by atoms with E-state index in [1.807, 2.05) is 0 Å². The molecule has 1 saturated carbocycles. The van der Waals surface area contributed by atoms with Gasteiger partial charge in [-0.05, 0) is 81.2 Å². The number of rotatable bonds is 20. The molecule has 0 radical (unpaired) electrons.